The van der Waals surface area contributed by atoms with Crippen molar-refractivity contribution >= 4 is 33.3 Å². The molecule has 30 heavy (non-hydrogen) atoms. The maximum atomic E-state index is 13.7. The molecule has 0 saturated carbocycles. The quantitative estimate of drug-likeness (QED) is 0.282. The molecule has 4 rings (SSSR count). The van der Waals surface area contributed by atoms with Gasteiger partial charge in [-0.1, -0.05) is 38.6 Å². The molecule has 0 aliphatic heterocycles. The summed E-state index contributed by atoms with van der Waals surface area (Å²) in [6.45, 7) is 10.8. The Morgan fingerprint density at radius 1 is 1.33 bits per heavy atom. The molecule has 1 atom stereocenters. The fraction of sp³-hybridized carbons (Fsp3) is 0.417. The van der Waals surface area contributed by atoms with Gasteiger partial charge in [0.2, 0.25) is 0 Å². The summed E-state index contributed by atoms with van der Waals surface area (Å²) in [6, 6.07) is 7.59. The van der Waals surface area contributed by atoms with Gasteiger partial charge in [0.25, 0.3) is 5.56 Å². The summed E-state index contributed by atoms with van der Waals surface area (Å²) in [5.41, 5.74) is 2.33. The number of aryl methyl sites for hydroxylation is 1. The van der Waals surface area contributed by atoms with Gasteiger partial charge in [0.1, 0.15) is 10.6 Å². The van der Waals surface area contributed by atoms with Gasteiger partial charge in [0, 0.05) is 10.6 Å². The third-order valence-electron chi connectivity index (χ3n) is 5.94. The molecule has 1 aliphatic carbocycles. The molecule has 2 aromatic heterocycles. The van der Waals surface area contributed by atoms with Crippen LogP contribution in [-0.4, -0.2) is 22.4 Å². The van der Waals surface area contributed by atoms with E-state index in [1.165, 1.54) is 10.4 Å². The summed E-state index contributed by atoms with van der Waals surface area (Å²) in [6.07, 6.45) is 4.96. The number of aromatic nitrogens is 2. The molecule has 0 radical (unpaired) electrons. The number of rotatable bonds is 5. The molecule has 2 heterocycles. The second-order valence-electron chi connectivity index (χ2n) is 8.82. The first-order valence-corrected chi connectivity index (χ1v) is 12.1. The van der Waals surface area contributed by atoms with Crippen molar-refractivity contribution in [2.24, 2.45) is 11.3 Å². The minimum atomic E-state index is 0.0310. The fourth-order valence-electron chi connectivity index (χ4n) is 4.13. The van der Waals surface area contributed by atoms with Crippen LogP contribution in [0.5, 0.6) is 5.75 Å². The Hall–Kier alpha value is -2.05. The van der Waals surface area contributed by atoms with Crippen molar-refractivity contribution in [2.75, 3.05) is 12.9 Å². The number of methoxy groups -OCH3 is 1. The van der Waals surface area contributed by atoms with Gasteiger partial charge in [-0.3, -0.25) is 9.36 Å². The zero-order valence-electron chi connectivity index (χ0n) is 18.0. The Bertz CT molecular complexity index is 1140. The van der Waals surface area contributed by atoms with Crippen molar-refractivity contribution in [2.45, 2.75) is 45.2 Å². The molecule has 0 N–H and O–H groups in total. The molecular weight excluding hydrogens is 412 g/mol. The van der Waals surface area contributed by atoms with Crippen molar-refractivity contribution in [3.05, 3.63) is 57.7 Å². The van der Waals surface area contributed by atoms with Gasteiger partial charge in [0.05, 0.1) is 18.2 Å². The third kappa shape index (κ3) is 3.83. The van der Waals surface area contributed by atoms with Gasteiger partial charge in [-0.05, 0) is 60.4 Å². The number of thiophene rings is 1. The zero-order valence-corrected chi connectivity index (χ0v) is 19.7. The van der Waals surface area contributed by atoms with Crippen LogP contribution in [0.15, 0.2) is 46.9 Å². The molecule has 0 fully saturated rings. The van der Waals surface area contributed by atoms with E-state index in [1.807, 2.05) is 30.3 Å². The number of hydrogen-bond donors (Lipinski definition) is 0. The minimum absolute atomic E-state index is 0.0310. The van der Waals surface area contributed by atoms with Crippen LogP contribution in [0, 0.1) is 11.3 Å². The van der Waals surface area contributed by atoms with Gasteiger partial charge in [-0.25, -0.2) is 4.98 Å². The predicted octanol–water partition coefficient (Wildman–Crippen LogP) is 5.88. The van der Waals surface area contributed by atoms with Crippen LogP contribution < -0.4 is 10.3 Å². The normalized spacial score (nSPS) is 16.5. The largest absolute Gasteiger partial charge is 0.497 e. The van der Waals surface area contributed by atoms with Crippen LogP contribution in [0.3, 0.4) is 0 Å². The molecule has 0 saturated heterocycles. The topological polar surface area (TPSA) is 44.1 Å². The average Bonchev–Trinajstić information content (AvgIpc) is 3.09. The van der Waals surface area contributed by atoms with Crippen molar-refractivity contribution in [1.82, 2.24) is 9.55 Å². The van der Waals surface area contributed by atoms with E-state index in [-0.39, 0.29) is 11.0 Å². The Morgan fingerprint density at radius 3 is 2.70 bits per heavy atom. The first-order chi connectivity index (χ1) is 14.3. The lowest BCUT2D eigenvalue weighted by Gasteiger charge is -2.33. The molecule has 1 aromatic carbocycles. The third-order valence-corrected chi connectivity index (χ3v) is 8.02. The highest BCUT2D eigenvalue weighted by molar-refractivity contribution is 7.99. The van der Waals surface area contributed by atoms with Crippen molar-refractivity contribution in [3.63, 3.8) is 0 Å². The van der Waals surface area contributed by atoms with Crippen molar-refractivity contribution in [1.29, 1.82) is 0 Å². The number of nitrogens with zero attached hydrogens (tertiary/aromatic N) is 2. The summed E-state index contributed by atoms with van der Waals surface area (Å²) >= 11 is 3.25. The minimum Gasteiger partial charge on any atom is -0.497 e. The van der Waals surface area contributed by atoms with Crippen molar-refractivity contribution in [3.8, 4) is 11.4 Å². The van der Waals surface area contributed by atoms with Crippen LogP contribution in [0.25, 0.3) is 15.9 Å². The van der Waals surface area contributed by atoms with Crippen LogP contribution in [-0.2, 0) is 12.8 Å². The standard InChI is InChI=1S/C24H28N2O2S2/c1-6-13-29-23-25-21-20(18-12-7-15(24(2,3)4)14-19(18)30-21)22(27)26(23)16-8-10-17(28-5)11-9-16/h6,8-11,15H,1,7,12-14H2,2-5H3/t15-/m1/s1. The van der Waals surface area contributed by atoms with Crippen molar-refractivity contribution < 1.29 is 4.74 Å². The van der Waals surface area contributed by atoms with Gasteiger partial charge in [0.15, 0.2) is 5.16 Å². The van der Waals surface area contributed by atoms with E-state index in [0.29, 0.717) is 16.8 Å². The maximum Gasteiger partial charge on any atom is 0.267 e. The highest BCUT2D eigenvalue weighted by atomic mass is 32.2. The molecular formula is C24H28N2O2S2. The number of ether oxygens (including phenoxy) is 1. The molecule has 4 nitrogen and oxygen atoms in total. The van der Waals surface area contributed by atoms with E-state index in [1.54, 1.807) is 34.8 Å². The number of hydrogen-bond acceptors (Lipinski definition) is 5. The van der Waals surface area contributed by atoms with E-state index >= 15 is 0 Å². The lowest BCUT2D eigenvalue weighted by Crippen LogP contribution is -2.27. The van der Waals surface area contributed by atoms with E-state index in [4.69, 9.17) is 9.72 Å². The number of thioether (sulfide) groups is 1. The first-order valence-electron chi connectivity index (χ1n) is 10.3. The Balaban J connectivity index is 1.89. The molecule has 158 valence electrons. The van der Waals surface area contributed by atoms with Gasteiger partial charge < -0.3 is 4.74 Å². The van der Waals surface area contributed by atoms with Gasteiger partial charge in [-0.15, -0.1) is 17.9 Å². The number of benzene rings is 1. The van der Waals surface area contributed by atoms with Crippen LogP contribution in [0.1, 0.15) is 37.6 Å². The SMILES string of the molecule is C=CCSc1nc2sc3c(c2c(=O)n1-c1ccc(OC)cc1)CC[C@@H](C(C)(C)C)C3. The van der Waals surface area contributed by atoms with E-state index < -0.39 is 0 Å². The maximum absolute atomic E-state index is 13.7. The summed E-state index contributed by atoms with van der Waals surface area (Å²) in [4.78, 5) is 20.9. The number of fused-ring (bicyclic) bond motifs is 3. The van der Waals surface area contributed by atoms with Crippen LogP contribution in [0.4, 0.5) is 0 Å². The molecule has 0 spiro atoms. The Kier molecular flexibility index (Phi) is 5.82. The second kappa shape index (κ2) is 8.23. The summed E-state index contributed by atoms with van der Waals surface area (Å²) in [5, 5.41) is 1.52. The second-order valence-corrected chi connectivity index (χ2v) is 10.9. The Morgan fingerprint density at radius 2 is 2.07 bits per heavy atom. The molecule has 1 aliphatic rings. The average molecular weight is 441 g/mol. The zero-order chi connectivity index (χ0) is 21.5. The van der Waals surface area contributed by atoms with E-state index in [0.717, 1.165) is 40.9 Å². The first kappa shape index (κ1) is 21.2. The summed E-state index contributed by atoms with van der Waals surface area (Å²) in [7, 11) is 1.64. The lowest BCUT2D eigenvalue weighted by molar-refractivity contribution is 0.218. The molecule has 0 bridgehead atoms. The fourth-order valence-corrected chi connectivity index (χ4v) is 6.22. The van der Waals surface area contributed by atoms with Crippen LogP contribution in [0.2, 0.25) is 0 Å². The van der Waals surface area contributed by atoms with E-state index in [2.05, 4.69) is 27.4 Å². The highest BCUT2D eigenvalue weighted by Crippen LogP contribution is 2.42. The summed E-state index contributed by atoms with van der Waals surface area (Å²) < 4.78 is 7.03. The van der Waals surface area contributed by atoms with E-state index in [9.17, 15) is 4.79 Å². The van der Waals surface area contributed by atoms with Gasteiger partial charge >= 0.3 is 0 Å². The smallest absolute Gasteiger partial charge is 0.267 e. The predicted molar refractivity (Wildman–Crippen MR) is 128 cm³/mol. The molecule has 0 amide bonds. The summed E-state index contributed by atoms with van der Waals surface area (Å²) in [5.74, 6) is 2.10. The molecule has 3 aromatic rings. The Labute approximate surface area is 186 Å². The lowest BCUT2D eigenvalue weighted by atomic mass is 9.72. The monoisotopic (exact) mass is 440 g/mol. The van der Waals surface area contributed by atoms with Gasteiger partial charge in [-0.2, -0.15) is 0 Å². The van der Waals surface area contributed by atoms with Crippen LogP contribution >= 0.6 is 23.1 Å². The molecule has 6 heteroatoms. The molecule has 0 unspecified atom stereocenters. The highest BCUT2D eigenvalue weighted by Gasteiger charge is 2.32.